The standard InChI is InChI=1S/C20H16F5NO5/c1-20(2,3)31-19(29)26-15(16(27)9-7-5-4-6-8-9)18(28)30-17-13(24)11(22)10(21)12(23)14(17)25/h4-8,15H,1-3H3,(H,26,29)/t15-/m0/s1. The highest BCUT2D eigenvalue weighted by molar-refractivity contribution is 6.13. The van der Waals surface area contributed by atoms with Gasteiger partial charge in [0.2, 0.25) is 34.8 Å². The zero-order chi connectivity index (χ0) is 23.5. The van der Waals surface area contributed by atoms with E-state index in [1.54, 1.807) is 6.07 Å². The molecule has 0 aliphatic carbocycles. The molecule has 0 heterocycles. The van der Waals surface area contributed by atoms with Gasteiger partial charge in [0.15, 0.2) is 11.8 Å². The first-order chi connectivity index (χ1) is 14.3. The number of rotatable bonds is 5. The number of nitrogens with one attached hydrogen (secondary N) is 1. The predicted octanol–water partition coefficient (Wildman–Crippen LogP) is 4.06. The van der Waals surface area contributed by atoms with Gasteiger partial charge in [-0.3, -0.25) is 4.79 Å². The van der Waals surface area contributed by atoms with Crippen molar-refractivity contribution >= 4 is 17.8 Å². The second kappa shape index (κ2) is 9.11. The average molecular weight is 445 g/mol. The van der Waals surface area contributed by atoms with Crippen LogP contribution < -0.4 is 10.1 Å². The third kappa shape index (κ3) is 5.56. The van der Waals surface area contributed by atoms with Crippen LogP contribution in [0.15, 0.2) is 30.3 Å². The molecule has 0 spiro atoms. The molecule has 1 atom stereocenters. The number of benzene rings is 2. The summed E-state index contributed by atoms with van der Waals surface area (Å²) in [6, 6.07) is 4.70. The summed E-state index contributed by atoms with van der Waals surface area (Å²) in [6.45, 7) is 4.44. The van der Waals surface area contributed by atoms with Crippen LogP contribution in [-0.4, -0.2) is 29.5 Å². The lowest BCUT2D eigenvalue weighted by Crippen LogP contribution is -2.50. The molecule has 0 aliphatic heterocycles. The SMILES string of the molecule is CC(C)(C)OC(=O)N[C@H](C(=O)Oc1c(F)c(F)c(F)c(F)c1F)C(=O)c1ccccc1. The van der Waals surface area contributed by atoms with Crippen LogP contribution in [0.25, 0.3) is 0 Å². The van der Waals surface area contributed by atoms with Crippen LogP contribution in [0.2, 0.25) is 0 Å². The lowest BCUT2D eigenvalue weighted by molar-refractivity contribution is -0.135. The van der Waals surface area contributed by atoms with Crippen molar-refractivity contribution in [3.8, 4) is 5.75 Å². The number of amides is 1. The Balaban J connectivity index is 2.41. The topological polar surface area (TPSA) is 81.7 Å². The Kier molecular flexibility index (Phi) is 6.98. The fourth-order valence-electron chi connectivity index (χ4n) is 2.26. The second-order valence-corrected chi connectivity index (χ2v) is 7.13. The van der Waals surface area contributed by atoms with Crippen molar-refractivity contribution < 1.29 is 45.8 Å². The zero-order valence-electron chi connectivity index (χ0n) is 16.4. The van der Waals surface area contributed by atoms with E-state index in [1.165, 1.54) is 45.0 Å². The molecular weight excluding hydrogens is 429 g/mol. The summed E-state index contributed by atoms with van der Waals surface area (Å²) >= 11 is 0. The molecule has 1 N–H and O–H groups in total. The Labute approximate surface area is 172 Å². The maximum Gasteiger partial charge on any atom is 0.408 e. The number of Topliss-reactive ketones (excluding diaryl/α,β-unsaturated/α-hetero) is 1. The molecule has 0 saturated heterocycles. The number of carbonyl (C=O) groups excluding carboxylic acids is 3. The number of halogens is 5. The highest BCUT2D eigenvalue weighted by Gasteiger charge is 2.36. The Bertz CT molecular complexity index is 992. The van der Waals surface area contributed by atoms with Gasteiger partial charge in [0.1, 0.15) is 5.60 Å². The minimum atomic E-state index is -2.46. The number of hydrogen-bond acceptors (Lipinski definition) is 5. The van der Waals surface area contributed by atoms with Gasteiger partial charge in [0.05, 0.1) is 0 Å². The molecule has 0 unspecified atom stereocenters. The van der Waals surface area contributed by atoms with E-state index in [9.17, 15) is 36.3 Å². The van der Waals surface area contributed by atoms with Gasteiger partial charge in [-0.05, 0) is 20.8 Å². The van der Waals surface area contributed by atoms with Crippen LogP contribution in [0, 0.1) is 29.1 Å². The van der Waals surface area contributed by atoms with Crippen molar-refractivity contribution in [1.29, 1.82) is 0 Å². The summed E-state index contributed by atoms with van der Waals surface area (Å²) in [7, 11) is 0. The number of esters is 1. The third-order valence-corrected chi connectivity index (χ3v) is 3.59. The van der Waals surface area contributed by atoms with E-state index < -0.39 is 64.3 Å². The Morgan fingerprint density at radius 2 is 1.32 bits per heavy atom. The number of alkyl carbamates (subject to hydrolysis) is 1. The lowest BCUT2D eigenvalue weighted by Gasteiger charge is -2.22. The smallest absolute Gasteiger partial charge is 0.408 e. The molecule has 31 heavy (non-hydrogen) atoms. The Morgan fingerprint density at radius 3 is 1.81 bits per heavy atom. The molecule has 2 rings (SSSR count). The first-order valence-corrected chi connectivity index (χ1v) is 8.65. The van der Waals surface area contributed by atoms with Gasteiger partial charge in [0.25, 0.3) is 0 Å². The van der Waals surface area contributed by atoms with E-state index in [4.69, 9.17) is 4.74 Å². The van der Waals surface area contributed by atoms with Crippen LogP contribution in [0.5, 0.6) is 5.75 Å². The minimum absolute atomic E-state index is 0.113. The van der Waals surface area contributed by atoms with Gasteiger partial charge in [-0.15, -0.1) is 0 Å². The zero-order valence-corrected chi connectivity index (χ0v) is 16.4. The highest BCUT2D eigenvalue weighted by atomic mass is 19.2. The molecule has 0 saturated carbocycles. The maximum absolute atomic E-state index is 13.8. The normalized spacial score (nSPS) is 12.1. The first kappa shape index (κ1) is 23.8. The molecule has 2 aromatic rings. The molecule has 0 radical (unpaired) electrons. The van der Waals surface area contributed by atoms with E-state index in [1.807, 2.05) is 5.32 Å². The van der Waals surface area contributed by atoms with Crippen molar-refractivity contribution in [3.63, 3.8) is 0 Å². The molecule has 0 fully saturated rings. The number of hydrogen-bond donors (Lipinski definition) is 1. The molecule has 11 heteroatoms. The predicted molar refractivity (Wildman–Crippen MR) is 95.8 cm³/mol. The van der Waals surface area contributed by atoms with Gasteiger partial charge in [0, 0.05) is 5.56 Å². The van der Waals surface area contributed by atoms with Crippen molar-refractivity contribution in [2.45, 2.75) is 32.4 Å². The van der Waals surface area contributed by atoms with Crippen LogP contribution >= 0.6 is 0 Å². The monoisotopic (exact) mass is 445 g/mol. The van der Waals surface area contributed by atoms with E-state index in [2.05, 4.69) is 4.74 Å². The van der Waals surface area contributed by atoms with Gasteiger partial charge in [-0.1, -0.05) is 30.3 Å². The van der Waals surface area contributed by atoms with Crippen LogP contribution in [0.1, 0.15) is 31.1 Å². The van der Waals surface area contributed by atoms with E-state index in [-0.39, 0.29) is 5.56 Å². The van der Waals surface area contributed by atoms with Gasteiger partial charge in [-0.25, -0.2) is 22.8 Å². The van der Waals surface area contributed by atoms with Crippen LogP contribution in [0.4, 0.5) is 26.7 Å². The molecule has 166 valence electrons. The molecular formula is C20H16F5NO5. The van der Waals surface area contributed by atoms with Crippen molar-refractivity contribution in [3.05, 3.63) is 65.0 Å². The summed E-state index contributed by atoms with van der Waals surface area (Å²) in [5.41, 5.74) is -1.16. The molecule has 0 bridgehead atoms. The third-order valence-electron chi connectivity index (χ3n) is 3.59. The lowest BCUT2D eigenvalue weighted by atomic mass is 10.0. The van der Waals surface area contributed by atoms with Crippen molar-refractivity contribution in [2.24, 2.45) is 0 Å². The quantitative estimate of drug-likeness (QED) is 0.143. The molecule has 1 amide bonds. The van der Waals surface area contributed by atoms with Crippen LogP contribution in [-0.2, 0) is 9.53 Å². The summed E-state index contributed by atoms with van der Waals surface area (Å²) in [5, 5.41) is 1.88. The second-order valence-electron chi connectivity index (χ2n) is 7.13. The summed E-state index contributed by atoms with van der Waals surface area (Å²) in [5.74, 6) is -16.8. The van der Waals surface area contributed by atoms with Gasteiger partial charge < -0.3 is 14.8 Å². The average Bonchev–Trinajstić information content (AvgIpc) is 2.71. The van der Waals surface area contributed by atoms with E-state index in [0.29, 0.717) is 0 Å². The molecule has 2 aromatic carbocycles. The highest BCUT2D eigenvalue weighted by Crippen LogP contribution is 2.29. The number of ketones is 1. The summed E-state index contributed by atoms with van der Waals surface area (Å²) in [4.78, 5) is 37.2. The van der Waals surface area contributed by atoms with Gasteiger partial charge in [-0.2, -0.15) is 8.78 Å². The van der Waals surface area contributed by atoms with E-state index >= 15 is 0 Å². The fraction of sp³-hybridized carbons (Fsp3) is 0.250. The summed E-state index contributed by atoms with van der Waals surface area (Å²) < 4.78 is 76.8. The molecule has 0 aromatic heterocycles. The van der Waals surface area contributed by atoms with Crippen LogP contribution in [0.3, 0.4) is 0 Å². The fourth-order valence-corrected chi connectivity index (χ4v) is 2.26. The van der Waals surface area contributed by atoms with Crippen molar-refractivity contribution in [2.75, 3.05) is 0 Å². The molecule has 0 aliphatic rings. The minimum Gasteiger partial charge on any atom is -0.444 e. The Morgan fingerprint density at radius 1 is 0.839 bits per heavy atom. The number of carbonyl (C=O) groups is 3. The van der Waals surface area contributed by atoms with Crippen molar-refractivity contribution in [1.82, 2.24) is 5.32 Å². The molecule has 6 nitrogen and oxygen atoms in total. The van der Waals surface area contributed by atoms with E-state index in [0.717, 1.165) is 0 Å². The Hall–Kier alpha value is -3.50. The first-order valence-electron chi connectivity index (χ1n) is 8.65. The van der Waals surface area contributed by atoms with Gasteiger partial charge >= 0.3 is 12.1 Å². The maximum atomic E-state index is 13.8. The number of ether oxygens (including phenoxy) is 2. The summed E-state index contributed by atoms with van der Waals surface area (Å²) in [6.07, 6.45) is -1.27. The largest absolute Gasteiger partial charge is 0.444 e.